The predicted octanol–water partition coefficient (Wildman–Crippen LogP) is 3.78. The van der Waals surface area contributed by atoms with Crippen molar-refractivity contribution in [1.82, 2.24) is 0 Å². The lowest BCUT2D eigenvalue weighted by atomic mass is 10.1. The van der Waals surface area contributed by atoms with E-state index in [0.29, 0.717) is 0 Å². The number of anilines is 1. The molecule has 0 aliphatic rings. The maximum Gasteiger partial charge on any atom is 0.0710 e. The molecule has 2 atom stereocenters. The van der Waals surface area contributed by atoms with Gasteiger partial charge >= 0.3 is 0 Å². The van der Waals surface area contributed by atoms with Crippen LogP contribution in [0.1, 0.15) is 13.8 Å². The van der Waals surface area contributed by atoms with Crippen molar-refractivity contribution in [1.29, 1.82) is 0 Å². The summed E-state index contributed by atoms with van der Waals surface area (Å²) in [7, 11) is 0. The Morgan fingerprint density at radius 3 is 2.41 bits per heavy atom. The molecule has 2 N–H and O–H groups in total. The topological polar surface area (TPSA) is 32.3 Å². The average Bonchev–Trinajstić information content (AvgIpc) is 2.29. The highest BCUT2D eigenvalue weighted by molar-refractivity contribution is 9.10. The molecule has 0 amide bonds. The van der Waals surface area contributed by atoms with E-state index in [1.54, 1.807) is 6.92 Å². The van der Waals surface area contributed by atoms with Crippen molar-refractivity contribution in [2.75, 3.05) is 5.32 Å². The molecular weight excluding hydrogens is 278 g/mol. The number of benzene rings is 2. The van der Waals surface area contributed by atoms with Crippen LogP contribution in [-0.4, -0.2) is 17.3 Å². The van der Waals surface area contributed by atoms with E-state index in [2.05, 4.69) is 45.5 Å². The Kier molecular flexibility index (Phi) is 3.69. The maximum atomic E-state index is 9.46. The number of aliphatic hydroxyl groups is 1. The first-order valence-corrected chi connectivity index (χ1v) is 6.49. The third-order valence-electron chi connectivity index (χ3n) is 2.92. The Morgan fingerprint density at radius 2 is 1.71 bits per heavy atom. The Morgan fingerprint density at radius 1 is 1.06 bits per heavy atom. The van der Waals surface area contributed by atoms with Crippen molar-refractivity contribution >= 4 is 32.4 Å². The van der Waals surface area contributed by atoms with E-state index in [-0.39, 0.29) is 12.1 Å². The molecule has 0 aliphatic heterocycles. The lowest BCUT2D eigenvalue weighted by Crippen LogP contribution is -2.27. The number of fused-ring (bicyclic) bond motifs is 1. The SMILES string of the molecule is CC(O)C(C)Nc1ccc2cc(Br)ccc2c1. The minimum Gasteiger partial charge on any atom is -0.391 e. The predicted molar refractivity (Wildman–Crippen MR) is 76.4 cm³/mol. The van der Waals surface area contributed by atoms with E-state index < -0.39 is 0 Å². The molecule has 90 valence electrons. The van der Waals surface area contributed by atoms with E-state index in [4.69, 9.17) is 0 Å². The van der Waals surface area contributed by atoms with Crippen LogP contribution in [0.15, 0.2) is 40.9 Å². The van der Waals surface area contributed by atoms with Crippen LogP contribution in [0, 0.1) is 0 Å². The van der Waals surface area contributed by atoms with Gasteiger partial charge in [0.25, 0.3) is 0 Å². The second-order valence-electron chi connectivity index (χ2n) is 4.38. The smallest absolute Gasteiger partial charge is 0.0710 e. The quantitative estimate of drug-likeness (QED) is 0.903. The van der Waals surface area contributed by atoms with Gasteiger partial charge < -0.3 is 10.4 Å². The van der Waals surface area contributed by atoms with Gasteiger partial charge in [0.05, 0.1) is 6.10 Å². The molecule has 0 saturated heterocycles. The standard InChI is InChI=1S/C14H16BrNO/c1-9(10(2)17)16-14-6-4-11-7-13(15)5-3-12(11)8-14/h3-10,16-17H,1-2H3. The van der Waals surface area contributed by atoms with Crippen molar-refractivity contribution in [3.8, 4) is 0 Å². The van der Waals surface area contributed by atoms with Gasteiger partial charge in [0, 0.05) is 16.2 Å². The van der Waals surface area contributed by atoms with Gasteiger partial charge in [0.15, 0.2) is 0 Å². The van der Waals surface area contributed by atoms with Crippen molar-refractivity contribution in [2.24, 2.45) is 0 Å². The molecule has 2 unspecified atom stereocenters. The molecule has 2 rings (SSSR count). The van der Waals surface area contributed by atoms with Crippen LogP contribution in [0.4, 0.5) is 5.69 Å². The Balaban J connectivity index is 2.29. The van der Waals surface area contributed by atoms with Crippen LogP contribution >= 0.6 is 15.9 Å². The molecule has 17 heavy (non-hydrogen) atoms. The van der Waals surface area contributed by atoms with Crippen LogP contribution in [0.3, 0.4) is 0 Å². The average molecular weight is 294 g/mol. The molecule has 0 spiro atoms. The van der Waals surface area contributed by atoms with Crippen molar-refractivity contribution in [3.05, 3.63) is 40.9 Å². The zero-order chi connectivity index (χ0) is 12.4. The summed E-state index contributed by atoms with van der Waals surface area (Å²) < 4.78 is 1.09. The molecule has 0 saturated carbocycles. The summed E-state index contributed by atoms with van der Waals surface area (Å²) in [6.45, 7) is 3.76. The summed E-state index contributed by atoms with van der Waals surface area (Å²) in [6, 6.07) is 12.5. The molecule has 0 heterocycles. The maximum absolute atomic E-state index is 9.46. The number of rotatable bonds is 3. The van der Waals surface area contributed by atoms with Gasteiger partial charge in [-0.1, -0.05) is 28.1 Å². The van der Waals surface area contributed by atoms with Crippen LogP contribution in [0.25, 0.3) is 10.8 Å². The van der Waals surface area contributed by atoms with E-state index >= 15 is 0 Å². The molecule has 2 nitrogen and oxygen atoms in total. The fourth-order valence-corrected chi connectivity index (χ4v) is 2.07. The molecule has 3 heteroatoms. The van der Waals surface area contributed by atoms with Crippen molar-refractivity contribution in [2.45, 2.75) is 26.0 Å². The molecule has 2 aromatic carbocycles. The summed E-state index contributed by atoms with van der Waals surface area (Å²) in [6.07, 6.45) is -0.365. The third-order valence-corrected chi connectivity index (χ3v) is 3.41. The first-order chi connectivity index (χ1) is 8.06. The Hall–Kier alpha value is -1.06. The molecular formula is C14H16BrNO. The monoisotopic (exact) mass is 293 g/mol. The van der Waals surface area contributed by atoms with E-state index in [1.807, 2.05) is 19.1 Å². The summed E-state index contributed by atoms with van der Waals surface area (Å²) in [5.41, 5.74) is 1.04. The van der Waals surface area contributed by atoms with Gasteiger partial charge in [-0.05, 0) is 48.9 Å². The molecule has 0 radical (unpaired) electrons. The van der Waals surface area contributed by atoms with E-state index in [9.17, 15) is 5.11 Å². The first kappa shape index (κ1) is 12.4. The normalized spacial score (nSPS) is 14.6. The van der Waals surface area contributed by atoms with Gasteiger partial charge in [-0.2, -0.15) is 0 Å². The summed E-state index contributed by atoms with van der Waals surface area (Å²) in [5, 5.41) is 15.1. The fourth-order valence-electron chi connectivity index (χ4n) is 1.69. The van der Waals surface area contributed by atoms with Gasteiger partial charge in [0.2, 0.25) is 0 Å². The van der Waals surface area contributed by atoms with Gasteiger partial charge in [-0.25, -0.2) is 0 Å². The van der Waals surface area contributed by atoms with E-state index in [0.717, 1.165) is 10.2 Å². The van der Waals surface area contributed by atoms with Crippen LogP contribution in [0.5, 0.6) is 0 Å². The lowest BCUT2D eigenvalue weighted by molar-refractivity contribution is 0.178. The van der Waals surface area contributed by atoms with E-state index in [1.165, 1.54) is 10.8 Å². The highest BCUT2D eigenvalue weighted by Crippen LogP contribution is 2.23. The number of nitrogens with one attached hydrogen (secondary N) is 1. The lowest BCUT2D eigenvalue weighted by Gasteiger charge is -2.18. The molecule has 0 aliphatic carbocycles. The fraction of sp³-hybridized carbons (Fsp3) is 0.286. The summed E-state index contributed by atoms with van der Waals surface area (Å²) in [4.78, 5) is 0. The van der Waals surface area contributed by atoms with Crippen LogP contribution in [0.2, 0.25) is 0 Å². The largest absolute Gasteiger partial charge is 0.391 e. The molecule has 0 bridgehead atoms. The minimum atomic E-state index is -0.365. The zero-order valence-electron chi connectivity index (χ0n) is 9.94. The number of halogens is 1. The number of hydrogen-bond acceptors (Lipinski definition) is 2. The van der Waals surface area contributed by atoms with Gasteiger partial charge in [0.1, 0.15) is 0 Å². The summed E-state index contributed by atoms with van der Waals surface area (Å²) >= 11 is 3.46. The number of hydrogen-bond donors (Lipinski definition) is 2. The second kappa shape index (κ2) is 5.07. The van der Waals surface area contributed by atoms with Crippen LogP contribution < -0.4 is 5.32 Å². The van der Waals surface area contributed by atoms with Gasteiger partial charge in [-0.3, -0.25) is 0 Å². The number of aliphatic hydroxyl groups excluding tert-OH is 1. The molecule has 2 aromatic rings. The molecule has 0 fully saturated rings. The van der Waals surface area contributed by atoms with Crippen LogP contribution in [-0.2, 0) is 0 Å². The first-order valence-electron chi connectivity index (χ1n) is 5.70. The second-order valence-corrected chi connectivity index (χ2v) is 5.30. The minimum absolute atomic E-state index is 0.0444. The van der Waals surface area contributed by atoms with Crippen molar-refractivity contribution in [3.63, 3.8) is 0 Å². The molecule has 0 aromatic heterocycles. The highest BCUT2D eigenvalue weighted by atomic mass is 79.9. The van der Waals surface area contributed by atoms with Gasteiger partial charge in [-0.15, -0.1) is 0 Å². The zero-order valence-corrected chi connectivity index (χ0v) is 11.5. The highest BCUT2D eigenvalue weighted by Gasteiger charge is 2.08. The third kappa shape index (κ3) is 2.99. The van der Waals surface area contributed by atoms with Crippen molar-refractivity contribution < 1.29 is 5.11 Å². The Labute approximate surface area is 110 Å². The Bertz CT molecular complexity index is 525. The summed E-state index contributed by atoms with van der Waals surface area (Å²) in [5.74, 6) is 0.